The molecule has 2 amide bonds. The maximum absolute atomic E-state index is 14.5. The van der Waals surface area contributed by atoms with Crippen molar-refractivity contribution in [1.82, 2.24) is 10.2 Å². The van der Waals surface area contributed by atoms with Crippen LogP contribution in [-0.4, -0.2) is 35.6 Å². The average molecular weight is 479 g/mol. The molecule has 1 atom stereocenters. The molecule has 0 spiro atoms. The number of likely N-dealkylation sites (N-methyl/N-ethyl adjacent to an activating group) is 1. The molecule has 0 radical (unpaired) electrons. The molecule has 0 fully saturated rings. The van der Waals surface area contributed by atoms with Crippen molar-refractivity contribution in [2.75, 3.05) is 12.8 Å². The largest absolute Gasteiger partial charge is 0.357 e. The Bertz CT molecular complexity index is 1100. The highest BCUT2D eigenvalue weighted by Gasteiger charge is 2.30. The Morgan fingerprint density at radius 1 is 0.941 bits per heavy atom. The van der Waals surface area contributed by atoms with Gasteiger partial charge in [-0.3, -0.25) is 9.59 Å². The number of rotatable bonds is 10. The summed E-state index contributed by atoms with van der Waals surface area (Å²) in [4.78, 5) is 27.9. The number of thioether (sulfide) groups is 1. The maximum Gasteiger partial charge on any atom is 0.242 e. The van der Waals surface area contributed by atoms with E-state index in [-0.39, 0.29) is 24.1 Å². The second kappa shape index (κ2) is 12.4. The van der Waals surface area contributed by atoms with Crippen molar-refractivity contribution in [2.24, 2.45) is 0 Å². The standard InChI is InChI=1S/C28H31FN2O2S/c1-20-13-21(2)15-23(14-20)18-34-19-27(32)31(17-24-11-7-8-12-25(24)29)26(28(33)30-3)16-22-9-5-4-6-10-22/h4-15,26H,16-19H2,1-3H3,(H,30,33). The van der Waals surface area contributed by atoms with Gasteiger partial charge in [0, 0.05) is 31.3 Å². The zero-order valence-electron chi connectivity index (χ0n) is 19.9. The van der Waals surface area contributed by atoms with E-state index in [1.54, 1.807) is 25.2 Å². The van der Waals surface area contributed by atoms with Gasteiger partial charge in [0.15, 0.2) is 0 Å². The third-order valence-corrected chi connectivity index (χ3v) is 6.58. The van der Waals surface area contributed by atoms with Gasteiger partial charge in [-0.05, 0) is 31.0 Å². The molecule has 0 saturated heterocycles. The Balaban J connectivity index is 1.82. The molecule has 4 nitrogen and oxygen atoms in total. The van der Waals surface area contributed by atoms with Crippen molar-refractivity contribution in [3.05, 3.63) is 106 Å². The van der Waals surface area contributed by atoms with Crippen LogP contribution in [0.15, 0.2) is 72.8 Å². The van der Waals surface area contributed by atoms with Crippen molar-refractivity contribution >= 4 is 23.6 Å². The van der Waals surface area contributed by atoms with E-state index in [2.05, 4.69) is 37.4 Å². The number of hydrogen-bond donors (Lipinski definition) is 1. The van der Waals surface area contributed by atoms with Crippen LogP contribution in [0.4, 0.5) is 4.39 Å². The van der Waals surface area contributed by atoms with Crippen LogP contribution in [0, 0.1) is 19.7 Å². The zero-order valence-corrected chi connectivity index (χ0v) is 20.7. The van der Waals surface area contributed by atoms with Crippen LogP contribution in [0.5, 0.6) is 0 Å². The third-order valence-electron chi connectivity index (χ3n) is 5.59. The summed E-state index contributed by atoms with van der Waals surface area (Å²) < 4.78 is 14.5. The lowest BCUT2D eigenvalue weighted by Gasteiger charge is -2.31. The van der Waals surface area contributed by atoms with E-state index in [0.29, 0.717) is 17.7 Å². The van der Waals surface area contributed by atoms with Gasteiger partial charge in [-0.15, -0.1) is 11.8 Å². The second-order valence-corrected chi connectivity index (χ2v) is 9.41. The highest BCUT2D eigenvalue weighted by atomic mass is 32.2. The first-order valence-electron chi connectivity index (χ1n) is 11.3. The third kappa shape index (κ3) is 7.19. The predicted molar refractivity (Wildman–Crippen MR) is 137 cm³/mol. The van der Waals surface area contributed by atoms with Crippen molar-refractivity contribution < 1.29 is 14.0 Å². The fourth-order valence-corrected chi connectivity index (χ4v) is 4.87. The number of carbonyl (C=O) groups excluding carboxylic acids is 2. The molecule has 0 saturated carbocycles. The molecule has 0 aliphatic rings. The summed E-state index contributed by atoms with van der Waals surface area (Å²) in [6.45, 7) is 4.14. The zero-order chi connectivity index (χ0) is 24.5. The summed E-state index contributed by atoms with van der Waals surface area (Å²) >= 11 is 1.50. The number of amides is 2. The Labute approximate surface area is 205 Å². The van der Waals surface area contributed by atoms with Crippen LogP contribution in [0.1, 0.15) is 27.8 Å². The Kier molecular flexibility index (Phi) is 9.28. The minimum atomic E-state index is -0.749. The number of benzene rings is 3. The molecule has 0 aromatic heterocycles. The average Bonchev–Trinajstić information content (AvgIpc) is 2.82. The molecule has 6 heteroatoms. The van der Waals surface area contributed by atoms with Crippen LogP contribution in [0.2, 0.25) is 0 Å². The molecule has 3 aromatic rings. The number of hydrogen-bond acceptors (Lipinski definition) is 3. The van der Waals surface area contributed by atoms with Gasteiger partial charge in [0.1, 0.15) is 11.9 Å². The Morgan fingerprint density at radius 2 is 1.59 bits per heavy atom. The van der Waals surface area contributed by atoms with Gasteiger partial charge in [0.25, 0.3) is 0 Å². The SMILES string of the molecule is CNC(=O)C(Cc1ccccc1)N(Cc1ccccc1F)C(=O)CSCc1cc(C)cc(C)c1. The fraction of sp³-hybridized carbons (Fsp3) is 0.286. The first-order chi connectivity index (χ1) is 16.4. The van der Waals surface area contributed by atoms with E-state index in [1.807, 2.05) is 30.3 Å². The molecule has 1 unspecified atom stereocenters. The van der Waals surface area contributed by atoms with Crippen LogP contribution >= 0.6 is 11.8 Å². The van der Waals surface area contributed by atoms with E-state index < -0.39 is 11.9 Å². The normalized spacial score (nSPS) is 11.6. The second-order valence-electron chi connectivity index (χ2n) is 8.42. The van der Waals surface area contributed by atoms with E-state index in [0.717, 1.165) is 11.1 Å². The van der Waals surface area contributed by atoms with Crippen molar-refractivity contribution in [1.29, 1.82) is 0 Å². The molecule has 0 aliphatic carbocycles. The number of nitrogens with one attached hydrogen (secondary N) is 1. The van der Waals surface area contributed by atoms with Gasteiger partial charge in [-0.2, -0.15) is 0 Å². The summed E-state index contributed by atoms with van der Waals surface area (Å²) in [6, 6.07) is 21.5. The summed E-state index contributed by atoms with van der Waals surface area (Å²) in [6.07, 6.45) is 0.350. The molecule has 34 heavy (non-hydrogen) atoms. The number of halogens is 1. The number of aryl methyl sites for hydroxylation is 2. The van der Waals surface area contributed by atoms with E-state index in [9.17, 15) is 14.0 Å². The quantitative estimate of drug-likeness (QED) is 0.443. The Morgan fingerprint density at radius 3 is 2.24 bits per heavy atom. The van der Waals surface area contributed by atoms with Gasteiger partial charge in [0.2, 0.25) is 11.8 Å². The molecule has 0 bridgehead atoms. The Hall–Kier alpha value is -3.12. The molecule has 0 heterocycles. The van der Waals surface area contributed by atoms with E-state index >= 15 is 0 Å². The van der Waals surface area contributed by atoms with Crippen molar-refractivity contribution in [2.45, 2.75) is 38.6 Å². The highest BCUT2D eigenvalue weighted by Crippen LogP contribution is 2.20. The first-order valence-corrected chi connectivity index (χ1v) is 12.5. The minimum absolute atomic E-state index is 0.0283. The van der Waals surface area contributed by atoms with Gasteiger partial charge in [0.05, 0.1) is 5.75 Å². The van der Waals surface area contributed by atoms with Crippen LogP contribution in [-0.2, 0) is 28.3 Å². The van der Waals surface area contributed by atoms with Crippen molar-refractivity contribution in [3.63, 3.8) is 0 Å². The van der Waals surface area contributed by atoms with Crippen LogP contribution in [0.3, 0.4) is 0 Å². The minimum Gasteiger partial charge on any atom is -0.357 e. The molecule has 3 aromatic carbocycles. The molecular formula is C28H31FN2O2S. The summed E-state index contributed by atoms with van der Waals surface area (Å²) in [5.41, 5.74) is 4.85. The summed E-state index contributed by atoms with van der Waals surface area (Å²) in [5.74, 6) is 0.0306. The predicted octanol–water partition coefficient (Wildman–Crippen LogP) is 5.06. The monoisotopic (exact) mass is 478 g/mol. The van der Waals surface area contributed by atoms with Gasteiger partial charge in [-0.25, -0.2) is 4.39 Å². The summed E-state index contributed by atoms with van der Waals surface area (Å²) in [5, 5.41) is 2.68. The van der Waals surface area contributed by atoms with Gasteiger partial charge < -0.3 is 10.2 Å². The lowest BCUT2D eigenvalue weighted by Crippen LogP contribution is -2.50. The lowest BCUT2D eigenvalue weighted by molar-refractivity contribution is -0.139. The number of nitrogens with zero attached hydrogens (tertiary/aromatic N) is 1. The van der Waals surface area contributed by atoms with Gasteiger partial charge in [-0.1, -0.05) is 77.9 Å². The van der Waals surface area contributed by atoms with E-state index in [4.69, 9.17) is 0 Å². The first kappa shape index (κ1) is 25.5. The molecular weight excluding hydrogens is 447 g/mol. The molecule has 1 N–H and O–H groups in total. The highest BCUT2D eigenvalue weighted by molar-refractivity contribution is 7.99. The summed E-state index contributed by atoms with van der Waals surface area (Å²) in [7, 11) is 1.56. The van der Waals surface area contributed by atoms with Crippen molar-refractivity contribution in [3.8, 4) is 0 Å². The molecule has 3 rings (SSSR count). The fourth-order valence-electron chi connectivity index (χ4n) is 4.02. The maximum atomic E-state index is 14.5. The smallest absolute Gasteiger partial charge is 0.242 e. The van der Waals surface area contributed by atoms with Crippen LogP contribution < -0.4 is 5.32 Å². The molecule has 0 aliphatic heterocycles. The molecule has 178 valence electrons. The number of carbonyl (C=O) groups is 2. The van der Waals surface area contributed by atoms with Gasteiger partial charge >= 0.3 is 0 Å². The lowest BCUT2D eigenvalue weighted by atomic mass is 10.0. The van der Waals surface area contributed by atoms with E-state index in [1.165, 1.54) is 33.9 Å². The van der Waals surface area contributed by atoms with Crippen LogP contribution in [0.25, 0.3) is 0 Å². The topological polar surface area (TPSA) is 49.4 Å².